The predicted molar refractivity (Wildman–Crippen MR) is 79.1 cm³/mol. The Morgan fingerprint density at radius 1 is 1.43 bits per heavy atom. The molecule has 0 aliphatic heterocycles. The summed E-state index contributed by atoms with van der Waals surface area (Å²) in [7, 11) is 0. The van der Waals surface area contributed by atoms with Gasteiger partial charge in [-0.1, -0.05) is 19.9 Å². The number of halogens is 1. The Morgan fingerprint density at radius 3 is 2.52 bits per heavy atom. The van der Waals surface area contributed by atoms with Crippen LogP contribution in [0.1, 0.15) is 30.6 Å². The number of rotatable bonds is 6. The van der Waals surface area contributed by atoms with Gasteiger partial charge in [-0.15, -0.1) is 0 Å². The molecule has 1 aromatic carbocycles. The van der Waals surface area contributed by atoms with E-state index in [0.717, 1.165) is 0 Å². The number of carboxylic acid groups (broad SMARTS) is 1. The molecule has 114 valence electrons. The number of hydrogen-bond donors (Lipinski definition) is 2. The molecule has 0 bridgehead atoms. The second kappa shape index (κ2) is 7.16. The molecule has 8 heteroatoms. The zero-order chi connectivity index (χ0) is 16.2. The normalized spacial score (nSPS) is 12.0. The van der Waals surface area contributed by atoms with Gasteiger partial charge in [0, 0.05) is 6.07 Å². The van der Waals surface area contributed by atoms with Crippen molar-refractivity contribution in [3.63, 3.8) is 0 Å². The van der Waals surface area contributed by atoms with Gasteiger partial charge in [-0.2, -0.15) is 0 Å². The standard InChI is InChI=1S/C13H15BrN2O5/c1-7(2)6-9(13(18)19)15-12(17)8-4-3-5-10(11(8)14)16(20)21/h3-5,7,9H,6H2,1-2H3,(H,15,17)(H,18,19)/t9-/m0/s1. The molecule has 0 saturated heterocycles. The first-order valence-corrected chi connectivity index (χ1v) is 7.00. The van der Waals surface area contributed by atoms with Crippen LogP contribution in [0.5, 0.6) is 0 Å². The highest BCUT2D eigenvalue weighted by Crippen LogP contribution is 2.28. The summed E-state index contributed by atoms with van der Waals surface area (Å²) in [6.45, 7) is 3.68. The molecule has 0 fully saturated rings. The summed E-state index contributed by atoms with van der Waals surface area (Å²) >= 11 is 3.01. The van der Waals surface area contributed by atoms with Gasteiger partial charge in [-0.25, -0.2) is 4.79 Å². The first kappa shape index (κ1) is 17.1. The van der Waals surface area contributed by atoms with Crippen LogP contribution in [0.15, 0.2) is 22.7 Å². The van der Waals surface area contributed by atoms with E-state index < -0.39 is 22.8 Å². The summed E-state index contributed by atoms with van der Waals surface area (Å²) in [6.07, 6.45) is 0.271. The van der Waals surface area contributed by atoms with Gasteiger partial charge >= 0.3 is 5.97 Å². The highest BCUT2D eigenvalue weighted by atomic mass is 79.9. The van der Waals surface area contributed by atoms with Crippen molar-refractivity contribution in [1.82, 2.24) is 5.32 Å². The lowest BCUT2D eigenvalue weighted by molar-refractivity contribution is -0.385. The first-order chi connectivity index (χ1) is 9.73. The number of nitro benzene ring substituents is 1. The largest absolute Gasteiger partial charge is 0.480 e. The Bertz CT molecular complexity index is 574. The van der Waals surface area contributed by atoms with Crippen molar-refractivity contribution in [2.24, 2.45) is 5.92 Å². The quantitative estimate of drug-likeness (QED) is 0.599. The molecule has 2 N–H and O–H groups in total. The highest BCUT2D eigenvalue weighted by Gasteiger charge is 2.25. The van der Waals surface area contributed by atoms with Gasteiger partial charge in [0.15, 0.2) is 0 Å². The molecule has 0 spiro atoms. The molecule has 0 heterocycles. The van der Waals surface area contributed by atoms with Gasteiger partial charge in [0.25, 0.3) is 11.6 Å². The number of hydrogen-bond acceptors (Lipinski definition) is 4. The molecule has 0 aliphatic rings. The monoisotopic (exact) mass is 358 g/mol. The lowest BCUT2D eigenvalue weighted by Gasteiger charge is -2.16. The van der Waals surface area contributed by atoms with Crippen LogP contribution in [0.3, 0.4) is 0 Å². The minimum absolute atomic E-state index is 0.0270. The van der Waals surface area contributed by atoms with Crippen LogP contribution in [0.25, 0.3) is 0 Å². The molecule has 21 heavy (non-hydrogen) atoms. The van der Waals surface area contributed by atoms with E-state index in [1.165, 1.54) is 18.2 Å². The van der Waals surface area contributed by atoms with E-state index in [2.05, 4.69) is 21.2 Å². The number of nitrogens with zero attached hydrogens (tertiary/aromatic N) is 1. The lowest BCUT2D eigenvalue weighted by atomic mass is 10.0. The third-order valence-corrected chi connectivity index (χ3v) is 3.56. The van der Waals surface area contributed by atoms with E-state index in [0.29, 0.717) is 0 Å². The van der Waals surface area contributed by atoms with E-state index in [1.54, 1.807) is 0 Å². The van der Waals surface area contributed by atoms with Crippen LogP contribution in [-0.4, -0.2) is 27.9 Å². The average Bonchev–Trinajstić information content (AvgIpc) is 2.36. The first-order valence-electron chi connectivity index (χ1n) is 6.20. The Kier molecular flexibility index (Phi) is 5.83. The molecule has 7 nitrogen and oxygen atoms in total. The highest BCUT2D eigenvalue weighted by molar-refractivity contribution is 9.10. The minimum Gasteiger partial charge on any atom is -0.480 e. The Balaban J connectivity index is 3.01. The number of carbonyl (C=O) groups excluding carboxylic acids is 1. The summed E-state index contributed by atoms with van der Waals surface area (Å²) in [4.78, 5) is 33.4. The van der Waals surface area contributed by atoms with Gasteiger partial charge in [0.05, 0.1) is 10.5 Å². The van der Waals surface area contributed by atoms with Crippen LogP contribution in [-0.2, 0) is 4.79 Å². The molecule has 1 rings (SSSR count). The summed E-state index contributed by atoms with van der Waals surface area (Å²) in [5.41, 5.74) is -0.224. The van der Waals surface area contributed by atoms with E-state index in [9.17, 15) is 19.7 Å². The van der Waals surface area contributed by atoms with Gasteiger partial charge in [-0.05, 0) is 34.3 Å². The second-order valence-electron chi connectivity index (χ2n) is 4.89. The van der Waals surface area contributed by atoms with Crippen LogP contribution < -0.4 is 5.32 Å². The molecule has 1 atom stereocenters. The zero-order valence-electron chi connectivity index (χ0n) is 11.5. The third kappa shape index (κ3) is 4.52. The molecular formula is C13H15BrN2O5. The van der Waals surface area contributed by atoms with E-state index >= 15 is 0 Å². The SMILES string of the molecule is CC(C)C[C@H](NC(=O)c1cccc([N+](=O)[O-])c1Br)C(=O)O. The Hall–Kier alpha value is -1.96. The summed E-state index contributed by atoms with van der Waals surface area (Å²) in [5, 5.41) is 22.3. The molecule has 0 aromatic heterocycles. The molecule has 1 aromatic rings. The van der Waals surface area contributed by atoms with E-state index in [4.69, 9.17) is 5.11 Å². The number of aliphatic carboxylic acids is 1. The predicted octanol–water partition coefficient (Wildman–Crippen LogP) is 2.59. The molecular weight excluding hydrogens is 344 g/mol. The number of nitrogens with one attached hydrogen (secondary N) is 1. The van der Waals surface area contributed by atoms with Gasteiger partial charge in [-0.3, -0.25) is 14.9 Å². The molecule has 1 amide bonds. The molecule has 0 aliphatic carbocycles. The molecule has 0 saturated carbocycles. The average molecular weight is 359 g/mol. The molecule has 0 radical (unpaired) electrons. The summed E-state index contributed by atoms with van der Waals surface area (Å²) < 4.78 is 0.0289. The van der Waals surface area contributed by atoms with Crippen LogP contribution in [0, 0.1) is 16.0 Å². The zero-order valence-corrected chi connectivity index (χ0v) is 13.1. The number of carboxylic acids is 1. The summed E-state index contributed by atoms with van der Waals surface area (Å²) in [5.74, 6) is -1.72. The van der Waals surface area contributed by atoms with Crippen molar-refractivity contribution in [1.29, 1.82) is 0 Å². The van der Waals surface area contributed by atoms with Crippen molar-refractivity contribution in [3.8, 4) is 0 Å². The van der Waals surface area contributed by atoms with Gasteiger partial charge in [0.2, 0.25) is 0 Å². The fourth-order valence-electron chi connectivity index (χ4n) is 1.77. The van der Waals surface area contributed by atoms with Crippen LogP contribution >= 0.6 is 15.9 Å². The van der Waals surface area contributed by atoms with Crippen LogP contribution in [0.4, 0.5) is 5.69 Å². The lowest BCUT2D eigenvalue weighted by Crippen LogP contribution is -2.41. The van der Waals surface area contributed by atoms with Crippen molar-refractivity contribution in [2.45, 2.75) is 26.3 Å². The fraction of sp³-hybridized carbons (Fsp3) is 0.385. The van der Waals surface area contributed by atoms with Crippen molar-refractivity contribution in [2.75, 3.05) is 0 Å². The van der Waals surface area contributed by atoms with E-state index in [1.807, 2.05) is 13.8 Å². The smallest absolute Gasteiger partial charge is 0.326 e. The Morgan fingerprint density at radius 2 is 2.05 bits per heavy atom. The maximum Gasteiger partial charge on any atom is 0.326 e. The topological polar surface area (TPSA) is 110 Å². The number of amides is 1. The third-order valence-electron chi connectivity index (χ3n) is 2.73. The Labute approximate surface area is 129 Å². The number of carbonyl (C=O) groups is 2. The molecule has 0 unspecified atom stereocenters. The number of nitro groups is 1. The maximum atomic E-state index is 12.1. The van der Waals surface area contributed by atoms with Crippen molar-refractivity contribution >= 4 is 33.5 Å². The maximum absolute atomic E-state index is 12.1. The second-order valence-corrected chi connectivity index (χ2v) is 5.68. The van der Waals surface area contributed by atoms with E-state index in [-0.39, 0.29) is 28.1 Å². The van der Waals surface area contributed by atoms with Crippen molar-refractivity contribution in [3.05, 3.63) is 38.3 Å². The summed E-state index contributed by atoms with van der Waals surface area (Å²) in [6, 6.07) is 2.98. The van der Waals surface area contributed by atoms with Crippen LogP contribution in [0.2, 0.25) is 0 Å². The van der Waals surface area contributed by atoms with Gasteiger partial charge < -0.3 is 10.4 Å². The van der Waals surface area contributed by atoms with Crippen molar-refractivity contribution < 1.29 is 19.6 Å². The van der Waals surface area contributed by atoms with Gasteiger partial charge in [0.1, 0.15) is 10.5 Å². The fourth-order valence-corrected chi connectivity index (χ4v) is 2.35. The number of benzene rings is 1. The minimum atomic E-state index is -1.14.